The minimum Gasteiger partial charge on any atom is -0.362 e. The summed E-state index contributed by atoms with van der Waals surface area (Å²) in [6.45, 7) is 1.17. The second kappa shape index (κ2) is 14.9. The van der Waals surface area contributed by atoms with Crippen molar-refractivity contribution in [3.63, 3.8) is 0 Å². The summed E-state index contributed by atoms with van der Waals surface area (Å²) in [6, 6.07) is 20.3. The molecule has 0 spiro atoms. The fourth-order valence-corrected chi connectivity index (χ4v) is 5.56. The Labute approximate surface area is 224 Å². The predicted octanol–water partition coefficient (Wildman–Crippen LogP) is 7.37. The minimum absolute atomic E-state index is 0.460. The van der Waals surface area contributed by atoms with Gasteiger partial charge in [0.1, 0.15) is 5.82 Å². The number of hydrogen-bond donors (Lipinski definition) is 2. The highest BCUT2D eigenvalue weighted by Crippen LogP contribution is 2.26. The largest absolute Gasteiger partial charge is 0.362 e. The maximum Gasteiger partial charge on any atom is 0.225 e. The second-order valence-corrected chi connectivity index (χ2v) is 11.0. The van der Waals surface area contributed by atoms with Crippen molar-refractivity contribution >= 4 is 22.7 Å². The molecule has 1 saturated carbocycles. The molecule has 0 bridgehead atoms. The Balaban J connectivity index is 1.03. The number of unbranched alkanes of at least 4 members (excludes halogenated alkanes) is 7. The van der Waals surface area contributed by atoms with Crippen LogP contribution in [0.5, 0.6) is 0 Å². The Bertz CT molecular complexity index is 1040. The highest BCUT2D eigenvalue weighted by molar-refractivity contribution is 5.90. The minimum atomic E-state index is 0.460. The SMILES string of the molecule is CN(C)c1nc(NC2CCC(NCCCCCCCCCCc3ccccc3)CC2)nc2ccccc12. The molecule has 1 aromatic heterocycles. The molecule has 2 N–H and O–H groups in total. The van der Waals surface area contributed by atoms with Crippen LogP contribution in [0.25, 0.3) is 10.9 Å². The number of aryl methyl sites for hydroxylation is 1. The van der Waals surface area contributed by atoms with Crippen LogP contribution in [-0.4, -0.2) is 42.7 Å². The lowest BCUT2D eigenvalue weighted by molar-refractivity contribution is 0.350. The molecule has 5 nitrogen and oxygen atoms in total. The van der Waals surface area contributed by atoms with Crippen molar-refractivity contribution < 1.29 is 0 Å². The first-order valence-corrected chi connectivity index (χ1v) is 14.7. The molecule has 0 atom stereocenters. The van der Waals surface area contributed by atoms with E-state index in [1.165, 1.54) is 95.6 Å². The quantitative estimate of drug-likeness (QED) is 0.213. The molecule has 1 heterocycles. The van der Waals surface area contributed by atoms with E-state index in [2.05, 4.69) is 64.1 Å². The zero-order valence-electron chi connectivity index (χ0n) is 23.1. The summed E-state index contributed by atoms with van der Waals surface area (Å²) in [5.41, 5.74) is 2.49. The summed E-state index contributed by atoms with van der Waals surface area (Å²) in [6.07, 6.45) is 17.0. The van der Waals surface area contributed by atoms with Crippen LogP contribution in [0.2, 0.25) is 0 Å². The third kappa shape index (κ3) is 8.99. The summed E-state index contributed by atoms with van der Waals surface area (Å²) in [5.74, 6) is 1.74. The van der Waals surface area contributed by atoms with Gasteiger partial charge in [-0.25, -0.2) is 4.98 Å². The van der Waals surface area contributed by atoms with Gasteiger partial charge in [0.25, 0.3) is 0 Å². The first-order valence-electron chi connectivity index (χ1n) is 14.7. The summed E-state index contributed by atoms with van der Waals surface area (Å²) >= 11 is 0. The maximum atomic E-state index is 4.82. The van der Waals surface area contributed by atoms with Crippen molar-refractivity contribution in [3.05, 3.63) is 60.2 Å². The van der Waals surface area contributed by atoms with E-state index in [4.69, 9.17) is 9.97 Å². The van der Waals surface area contributed by atoms with E-state index < -0.39 is 0 Å². The van der Waals surface area contributed by atoms with Gasteiger partial charge < -0.3 is 15.5 Å². The lowest BCUT2D eigenvalue weighted by atomic mass is 9.91. The number of benzene rings is 2. The molecule has 0 unspecified atom stereocenters. The van der Waals surface area contributed by atoms with Crippen molar-refractivity contribution in [3.8, 4) is 0 Å². The molecule has 3 aromatic rings. The number of hydrogen-bond acceptors (Lipinski definition) is 5. The molecule has 4 rings (SSSR count). The van der Waals surface area contributed by atoms with Crippen molar-refractivity contribution in [1.82, 2.24) is 15.3 Å². The molecule has 0 aliphatic heterocycles. The van der Waals surface area contributed by atoms with Crippen LogP contribution in [0, 0.1) is 0 Å². The normalized spacial score (nSPS) is 17.7. The Morgan fingerprint density at radius 3 is 2.05 bits per heavy atom. The molecule has 1 aliphatic rings. The van der Waals surface area contributed by atoms with Crippen molar-refractivity contribution in [2.45, 2.75) is 95.6 Å². The van der Waals surface area contributed by atoms with Crippen LogP contribution >= 0.6 is 0 Å². The summed E-state index contributed by atoms with van der Waals surface area (Å²) in [5, 5.41) is 8.55. The number of nitrogens with one attached hydrogen (secondary N) is 2. The number of fused-ring (bicyclic) bond motifs is 1. The van der Waals surface area contributed by atoms with Gasteiger partial charge in [0.2, 0.25) is 5.95 Å². The third-order valence-electron chi connectivity index (χ3n) is 7.74. The molecule has 2 aromatic carbocycles. The second-order valence-electron chi connectivity index (χ2n) is 11.0. The number of nitrogens with zero attached hydrogens (tertiary/aromatic N) is 3. The average molecular weight is 502 g/mol. The van der Waals surface area contributed by atoms with E-state index in [0.29, 0.717) is 12.1 Å². The van der Waals surface area contributed by atoms with Gasteiger partial charge in [0, 0.05) is 31.6 Å². The average Bonchev–Trinajstić information content (AvgIpc) is 2.92. The molecule has 0 radical (unpaired) electrons. The highest BCUT2D eigenvalue weighted by Gasteiger charge is 2.21. The van der Waals surface area contributed by atoms with Gasteiger partial charge in [0.05, 0.1) is 5.52 Å². The monoisotopic (exact) mass is 501 g/mol. The van der Waals surface area contributed by atoms with E-state index >= 15 is 0 Å². The summed E-state index contributed by atoms with van der Waals surface area (Å²) in [4.78, 5) is 11.7. The van der Waals surface area contributed by atoms with E-state index in [9.17, 15) is 0 Å². The van der Waals surface area contributed by atoms with E-state index in [1.54, 1.807) is 0 Å². The van der Waals surface area contributed by atoms with Gasteiger partial charge in [-0.1, -0.05) is 81.0 Å². The Kier molecular flexibility index (Phi) is 11.0. The zero-order valence-corrected chi connectivity index (χ0v) is 23.1. The van der Waals surface area contributed by atoms with Crippen molar-refractivity contribution in [2.75, 3.05) is 30.9 Å². The van der Waals surface area contributed by atoms with Gasteiger partial charge in [-0.05, 0) is 69.2 Å². The maximum absolute atomic E-state index is 4.82. The molecule has 5 heteroatoms. The van der Waals surface area contributed by atoms with Gasteiger partial charge >= 0.3 is 0 Å². The van der Waals surface area contributed by atoms with Gasteiger partial charge in [-0.3, -0.25) is 0 Å². The van der Waals surface area contributed by atoms with Crippen LogP contribution in [0.15, 0.2) is 54.6 Å². The number of para-hydroxylation sites is 1. The summed E-state index contributed by atoms with van der Waals surface area (Å²) < 4.78 is 0. The zero-order chi connectivity index (χ0) is 25.7. The van der Waals surface area contributed by atoms with E-state index in [1.807, 2.05) is 20.2 Å². The van der Waals surface area contributed by atoms with Gasteiger partial charge in [0.15, 0.2) is 0 Å². The standard InChI is InChI=1S/C32H47N5/c1-37(2)31-29-19-13-14-20-30(29)35-32(36-31)34-28-23-21-27(22-24-28)33-25-15-8-6-4-3-5-7-10-16-26-17-11-9-12-18-26/h9,11-14,17-20,27-28,33H,3-8,10,15-16,21-25H2,1-2H3,(H,34,35,36). The van der Waals surface area contributed by atoms with Gasteiger partial charge in [-0.15, -0.1) is 0 Å². The van der Waals surface area contributed by atoms with Crippen LogP contribution < -0.4 is 15.5 Å². The topological polar surface area (TPSA) is 53.1 Å². The third-order valence-corrected chi connectivity index (χ3v) is 7.74. The molecular formula is C32H47N5. The number of anilines is 2. The lowest BCUT2D eigenvalue weighted by Crippen LogP contribution is -2.37. The van der Waals surface area contributed by atoms with E-state index in [-0.39, 0.29) is 0 Å². The number of aromatic nitrogens is 2. The van der Waals surface area contributed by atoms with Crippen molar-refractivity contribution in [1.29, 1.82) is 0 Å². The van der Waals surface area contributed by atoms with Crippen LogP contribution in [0.3, 0.4) is 0 Å². The first-order chi connectivity index (χ1) is 18.2. The van der Waals surface area contributed by atoms with Crippen molar-refractivity contribution in [2.24, 2.45) is 0 Å². The molecule has 1 fully saturated rings. The van der Waals surface area contributed by atoms with Gasteiger partial charge in [-0.2, -0.15) is 4.98 Å². The number of rotatable bonds is 15. The van der Waals surface area contributed by atoms with Crippen LogP contribution in [0.4, 0.5) is 11.8 Å². The molecule has 37 heavy (non-hydrogen) atoms. The lowest BCUT2D eigenvalue weighted by Gasteiger charge is -2.30. The fourth-order valence-electron chi connectivity index (χ4n) is 5.56. The highest BCUT2D eigenvalue weighted by atomic mass is 15.2. The molecular weight excluding hydrogens is 454 g/mol. The predicted molar refractivity (Wildman–Crippen MR) is 159 cm³/mol. The Morgan fingerprint density at radius 2 is 1.32 bits per heavy atom. The van der Waals surface area contributed by atoms with E-state index in [0.717, 1.165) is 22.7 Å². The molecule has 200 valence electrons. The Morgan fingerprint density at radius 1 is 0.703 bits per heavy atom. The molecule has 0 saturated heterocycles. The molecule has 0 amide bonds. The summed E-state index contributed by atoms with van der Waals surface area (Å²) in [7, 11) is 4.09. The molecule has 1 aliphatic carbocycles. The van der Waals surface area contributed by atoms with Crippen LogP contribution in [0.1, 0.15) is 82.6 Å². The Hall–Kier alpha value is -2.66. The fraction of sp³-hybridized carbons (Fsp3) is 0.562. The first kappa shape index (κ1) is 27.4. The van der Waals surface area contributed by atoms with Crippen LogP contribution in [-0.2, 0) is 6.42 Å². The smallest absolute Gasteiger partial charge is 0.225 e.